The molecule has 1 amide bonds. The molecule has 218 valence electrons. The molecule has 0 aliphatic carbocycles. The van der Waals surface area contributed by atoms with Crippen LogP contribution in [-0.2, 0) is 13.0 Å². The molecule has 0 bridgehead atoms. The Morgan fingerprint density at radius 1 is 0.773 bits per heavy atom. The molecule has 7 rings (SSSR count). The zero-order chi connectivity index (χ0) is 30.2. The number of rotatable bonds is 8. The lowest BCUT2D eigenvalue weighted by molar-refractivity contribution is 0.0935. The second-order valence-corrected chi connectivity index (χ2v) is 10.7. The van der Waals surface area contributed by atoms with Gasteiger partial charge in [0.2, 0.25) is 0 Å². The number of benzene rings is 4. The van der Waals surface area contributed by atoms with E-state index in [1.807, 2.05) is 78.9 Å². The van der Waals surface area contributed by atoms with Gasteiger partial charge < -0.3 is 27.5 Å². The van der Waals surface area contributed by atoms with Gasteiger partial charge in [-0.3, -0.25) is 15.0 Å². The van der Waals surface area contributed by atoms with Gasteiger partial charge in [-0.1, -0.05) is 54.6 Å². The fraction of sp³-hybridized carbons (Fsp3) is 0.0909. The number of imidazole rings is 1. The Hall–Kier alpha value is -5.94. The zero-order valence-corrected chi connectivity index (χ0v) is 23.6. The highest BCUT2D eigenvalue weighted by molar-refractivity contribution is 5.96. The van der Waals surface area contributed by atoms with Crippen LogP contribution < -0.4 is 22.5 Å². The number of nitrogen functional groups attached to an aromatic ring is 2. The molecule has 44 heavy (non-hydrogen) atoms. The molecule has 0 spiro atoms. The van der Waals surface area contributed by atoms with Crippen LogP contribution in [0.25, 0.3) is 44.3 Å². The summed E-state index contributed by atoms with van der Waals surface area (Å²) in [5.41, 5.74) is 25.2. The molecule has 3 heterocycles. The number of nitrogens with two attached hydrogens (primary N) is 3. The first-order valence-corrected chi connectivity index (χ1v) is 14.2. The molecule has 0 saturated carbocycles. The molecule has 1 atom stereocenters. The number of fused-ring (bicyclic) bond motifs is 2. The van der Waals surface area contributed by atoms with Crippen LogP contribution in [0.4, 0.5) is 11.6 Å². The maximum atomic E-state index is 13.5. The van der Waals surface area contributed by atoms with E-state index < -0.39 is 6.04 Å². The fourth-order valence-corrected chi connectivity index (χ4v) is 5.46. The average Bonchev–Trinajstić information content (AvgIpc) is 3.78. The third-order valence-electron chi connectivity index (χ3n) is 7.84. The Kier molecular flexibility index (Phi) is 6.76. The van der Waals surface area contributed by atoms with E-state index in [9.17, 15) is 4.79 Å². The highest BCUT2D eigenvalue weighted by Gasteiger charge is 2.24. The van der Waals surface area contributed by atoms with Gasteiger partial charge in [0.25, 0.3) is 5.91 Å². The van der Waals surface area contributed by atoms with E-state index in [2.05, 4.69) is 30.7 Å². The van der Waals surface area contributed by atoms with Crippen molar-refractivity contribution in [3.63, 3.8) is 0 Å². The molecule has 0 unspecified atom stereocenters. The summed E-state index contributed by atoms with van der Waals surface area (Å²) in [5.74, 6) is 1.27. The largest absolute Gasteiger partial charge is 0.382 e. The predicted octanol–water partition coefficient (Wildman–Crippen LogP) is 4.83. The van der Waals surface area contributed by atoms with E-state index in [4.69, 9.17) is 22.2 Å². The molecule has 11 heteroatoms. The number of H-pyrrole nitrogens is 3. The summed E-state index contributed by atoms with van der Waals surface area (Å²) in [6.45, 7) is 0.407. The summed E-state index contributed by atoms with van der Waals surface area (Å²) < 4.78 is 0. The number of aromatic nitrogens is 6. The fourth-order valence-electron chi connectivity index (χ4n) is 5.46. The number of nitrogens with one attached hydrogen (secondary N) is 4. The Labute approximate surface area is 251 Å². The summed E-state index contributed by atoms with van der Waals surface area (Å²) in [7, 11) is 0. The summed E-state index contributed by atoms with van der Waals surface area (Å²) >= 11 is 0. The number of anilines is 2. The quantitative estimate of drug-likeness (QED) is 0.133. The Morgan fingerprint density at radius 3 is 2.07 bits per heavy atom. The van der Waals surface area contributed by atoms with Gasteiger partial charge in [-0.2, -0.15) is 10.2 Å². The molecular weight excluding hydrogens is 552 g/mol. The number of hydrogen-bond acceptors (Lipinski definition) is 7. The Balaban J connectivity index is 1.35. The first-order chi connectivity index (χ1) is 21.5. The molecule has 7 aromatic rings. The first kappa shape index (κ1) is 26.9. The number of aromatic amines is 3. The normalized spacial score (nSPS) is 12.1. The van der Waals surface area contributed by atoms with E-state index in [0.717, 1.165) is 49.8 Å². The van der Waals surface area contributed by atoms with Crippen LogP contribution in [0.5, 0.6) is 0 Å². The molecule has 10 N–H and O–H groups in total. The van der Waals surface area contributed by atoms with Crippen molar-refractivity contribution in [2.24, 2.45) is 5.73 Å². The molecule has 0 fully saturated rings. The van der Waals surface area contributed by atoms with Crippen LogP contribution in [0.15, 0.2) is 91.0 Å². The van der Waals surface area contributed by atoms with E-state index >= 15 is 0 Å². The first-order valence-electron chi connectivity index (χ1n) is 14.2. The van der Waals surface area contributed by atoms with Gasteiger partial charge in [0.05, 0.1) is 28.5 Å². The van der Waals surface area contributed by atoms with Crippen LogP contribution in [-0.4, -0.2) is 36.3 Å². The van der Waals surface area contributed by atoms with Gasteiger partial charge in [0, 0.05) is 34.0 Å². The Bertz CT molecular complexity index is 2010. The van der Waals surface area contributed by atoms with Crippen molar-refractivity contribution < 1.29 is 4.79 Å². The highest BCUT2D eigenvalue weighted by atomic mass is 16.1. The average molecular weight is 583 g/mol. The third kappa shape index (κ3) is 5.01. The minimum Gasteiger partial charge on any atom is -0.382 e. The zero-order valence-electron chi connectivity index (χ0n) is 23.6. The number of carbonyl (C=O) groups excluding carboxylic acids is 1. The summed E-state index contributed by atoms with van der Waals surface area (Å²) in [6.07, 6.45) is 0.520. The smallest absolute Gasteiger partial charge is 0.251 e. The summed E-state index contributed by atoms with van der Waals surface area (Å²) in [5, 5.41) is 19.2. The van der Waals surface area contributed by atoms with Crippen molar-refractivity contribution in [2.45, 2.75) is 19.0 Å². The molecule has 0 saturated heterocycles. The predicted molar refractivity (Wildman–Crippen MR) is 172 cm³/mol. The molecule has 0 radical (unpaired) electrons. The van der Waals surface area contributed by atoms with Gasteiger partial charge in [-0.25, -0.2) is 4.98 Å². The van der Waals surface area contributed by atoms with E-state index in [1.165, 1.54) is 0 Å². The number of carbonyl (C=O) groups is 1. The SMILES string of the molecule is NCc1ccc(C(=O)N[C@@H](Cc2ccccc2)c2nc(-c3ccc4c(N)n[nH]c4c3)c(-c3ccc4c(N)n[nH]c4c3)[nH]2)cc1. The van der Waals surface area contributed by atoms with Crippen LogP contribution in [0, 0.1) is 0 Å². The third-order valence-corrected chi connectivity index (χ3v) is 7.84. The lowest BCUT2D eigenvalue weighted by Gasteiger charge is -2.17. The van der Waals surface area contributed by atoms with Gasteiger partial charge in [-0.05, 0) is 53.9 Å². The molecule has 0 aliphatic heterocycles. The van der Waals surface area contributed by atoms with Gasteiger partial charge >= 0.3 is 0 Å². The van der Waals surface area contributed by atoms with Crippen LogP contribution in [0.3, 0.4) is 0 Å². The molecule has 11 nitrogen and oxygen atoms in total. The maximum Gasteiger partial charge on any atom is 0.251 e. The van der Waals surface area contributed by atoms with Gasteiger partial charge in [0.1, 0.15) is 5.82 Å². The maximum absolute atomic E-state index is 13.5. The van der Waals surface area contributed by atoms with Crippen molar-refractivity contribution in [2.75, 3.05) is 11.5 Å². The molecule has 3 aromatic heterocycles. The minimum absolute atomic E-state index is 0.210. The highest BCUT2D eigenvalue weighted by Crippen LogP contribution is 2.35. The van der Waals surface area contributed by atoms with Crippen LogP contribution in [0.1, 0.15) is 33.4 Å². The van der Waals surface area contributed by atoms with Gasteiger partial charge in [0.15, 0.2) is 11.6 Å². The molecule has 4 aromatic carbocycles. The monoisotopic (exact) mass is 582 g/mol. The topological polar surface area (TPSA) is 193 Å². The van der Waals surface area contributed by atoms with Crippen LogP contribution in [0.2, 0.25) is 0 Å². The van der Waals surface area contributed by atoms with E-state index in [0.29, 0.717) is 41.7 Å². The second kappa shape index (κ2) is 11.0. The van der Waals surface area contributed by atoms with Crippen molar-refractivity contribution >= 4 is 39.3 Å². The van der Waals surface area contributed by atoms with Crippen molar-refractivity contribution in [1.82, 2.24) is 35.7 Å². The standard InChI is InChI=1S/C33H30N10O/c34-17-19-6-8-20(9-7-19)33(44)37-27(14-18-4-2-1-3-5-18)32-38-28(21-10-12-23-25(15-21)40-42-30(23)35)29(39-32)22-11-13-24-26(16-22)41-43-31(24)36/h1-13,15-16,27H,14,17,34H2,(H,37,44)(H,38,39)(H3,35,40,42)(H3,36,41,43)/t27-/m0/s1. The lowest BCUT2D eigenvalue weighted by Crippen LogP contribution is -2.30. The number of nitrogens with zero attached hydrogens (tertiary/aromatic N) is 3. The van der Waals surface area contributed by atoms with Crippen LogP contribution >= 0.6 is 0 Å². The molecule has 0 aliphatic rings. The minimum atomic E-state index is -0.468. The summed E-state index contributed by atoms with van der Waals surface area (Å²) in [4.78, 5) is 22.2. The second-order valence-electron chi connectivity index (χ2n) is 10.7. The van der Waals surface area contributed by atoms with Crippen molar-refractivity contribution in [3.05, 3.63) is 114 Å². The van der Waals surface area contributed by atoms with Crippen molar-refractivity contribution in [3.8, 4) is 22.5 Å². The van der Waals surface area contributed by atoms with E-state index in [1.54, 1.807) is 12.1 Å². The number of amides is 1. The Morgan fingerprint density at radius 2 is 1.41 bits per heavy atom. The lowest BCUT2D eigenvalue weighted by atomic mass is 10.0. The summed E-state index contributed by atoms with van der Waals surface area (Å²) in [6, 6.07) is 28.6. The molecular formula is C33H30N10O. The van der Waals surface area contributed by atoms with E-state index in [-0.39, 0.29) is 5.91 Å². The van der Waals surface area contributed by atoms with Gasteiger partial charge in [-0.15, -0.1) is 0 Å². The van der Waals surface area contributed by atoms with Crippen molar-refractivity contribution in [1.29, 1.82) is 0 Å². The number of hydrogen-bond donors (Lipinski definition) is 7.